The van der Waals surface area contributed by atoms with Crippen LogP contribution < -0.4 is 16.0 Å². The van der Waals surface area contributed by atoms with Gasteiger partial charge in [0.2, 0.25) is 0 Å². The first-order valence-electron chi connectivity index (χ1n) is 9.07. The fourth-order valence-electron chi connectivity index (χ4n) is 2.74. The summed E-state index contributed by atoms with van der Waals surface area (Å²) in [5.41, 5.74) is 0.601. The number of halogens is 1. The molecule has 3 rings (SSSR count). The van der Waals surface area contributed by atoms with E-state index in [1.165, 1.54) is 56.7 Å². The number of ketones is 1. The van der Waals surface area contributed by atoms with Gasteiger partial charge in [-0.25, -0.2) is 9.38 Å². The first-order valence-corrected chi connectivity index (χ1v) is 9.07. The molecule has 0 spiro atoms. The van der Waals surface area contributed by atoms with Gasteiger partial charge in [0.1, 0.15) is 11.6 Å². The first kappa shape index (κ1) is 21.6. The number of amides is 3. The molecule has 2 N–H and O–H groups in total. The van der Waals surface area contributed by atoms with E-state index in [0.29, 0.717) is 5.56 Å². The highest BCUT2D eigenvalue weighted by atomic mass is 19.1. The molecule has 2 aromatic rings. The summed E-state index contributed by atoms with van der Waals surface area (Å²) >= 11 is 0. The summed E-state index contributed by atoms with van der Waals surface area (Å²) < 4.78 is 14.0. The minimum absolute atomic E-state index is 0.0231. The van der Waals surface area contributed by atoms with E-state index < -0.39 is 41.3 Å². The summed E-state index contributed by atoms with van der Waals surface area (Å²) in [5, 5.41) is 5.21. The zero-order valence-corrected chi connectivity index (χ0v) is 16.6. The van der Waals surface area contributed by atoms with Gasteiger partial charge in [-0.1, -0.05) is 12.1 Å². The number of rotatable bonds is 3. The number of benzene rings is 1. The summed E-state index contributed by atoms with van der Waals surface area (Å²) in [5.74, 6) is -4.89. The highest BCUT2D eigenvalue weighted by Crippen LogP contribution is 2.14. The maximum Gasteiger partial charge on any atom is 0.335 e. The number of hydrogen-bond donors (Lipinski definition) is 2. The molecule has 3 amide bonds. The average Bonchev–Trinajstić information content (AvgIpc) is 2.74. The lowest BCUT2D eigenvalue weighted by Crippen LogP contribution is -2.52. The Morgan fingerprint density at radius 3 is 2.48 bits per heavy atom. The van der Waals surface area contributed by atoms with Gasteiger partial charge in [0.15, 0.2) is 6.04 Å². The van der Waals surface area contributed by atoms with Crippen LogP contribution in [0, 0.1) is 5.82 Å². The standard InChI is InChI=1S/C20H18FN5O5/c1-25(2)20(31)18(29)23-13-7-8-26-14(9-13)24-15(16(27)19(26)30)17(28)22-10-11-3-5-12(21)6-4-11/h3-9,15,24H,10H2,1-2H3,(H,22,28). The van der Waals surface area contributed by atoms with Gasteiger partial charge in [0.05, 0.1) is 5.36 Å². The number of carbonyl (C=O) groups is 5. The molecule has 1 aromatic heterocycles. The number of hydrogen-bond acceptors (Lipinski definition) is 6. The molecule has 0 saturated heterocycles. The van der Waals surface area contributed by atoms with Gasteiger partial charge < -0.3 is 15.5 Å². The zero-order valence-electron chi connectivity index (χ0n) is 16.6. The molecule has 0 saturated carbocycles. The van der Waals surface area contributed by atoms with E-state index >= 15 is 0 Å². The molecule has 1 aromatic carbocycles. The molecule has 11 heteroatoms. The van der Waals surface area contributed by atoms with E-state index in [1.54, 1.807) is 0 Å². The monoisotopic (exact) mass is 427 g/mol. The molecular weight excluding hydrogens is 409 g/mol. The molecule has 0 bridgehead atoms. The molecule has 0 fully saturated rings. The Morgan fingerprint density at radius 2 is 1.84 bits per heavy atom. The molecule has 1 aliphatic heterocycles. The molecule has 0 radical (unpaired) electrons. The molecule has 1 unspecified atom stereocenters. The second kappa shape index (κ2) is 8.69. The third-order valence-corrected chi connectivity index (χ3v) is 4.38. The smallest absolute Gasteiger partial charge is 0.335 e. The number of aromatic nitrogens is 1. The van der Waals surface area contributed by atoms with Crippen LogP contribution in [0.25, 0.3) is 0 Å². The fraction of sp³-hybridized carbons (Fsp3) is 0.200. The number of Topliss-reactive ketones (excluding diaryl/α,β-unsaturated/α-hetero) is 1. The quantitative estimate of drug-likeness (QED) is 0.500. The van der Waals surface area contributed by atoms with Gasteiger partial charge in [-0.05, 0) is 23.8 Å². The Labute approximate surface area is 175 Å². The fourth-order valence-corrected chi connectivity index (χ4v) is 2.74. The lowest BCUT2D eigenvalue weighted by molar-refractivity contribution is -0.142. The van der Waals surface area contributed by atoms with E-state index in [4.69, 9.17) is 0 Å². The van der Waals surface area contributed by atoms with Crippen molar-refractivity contribution in [2.24, 2.45) is 4.99 Å². The number of carbonyl (C=O) groups excluding carboxylic acids is 5. The number of nitrogens with one attached hydrogen (secondary N) is 2. The van der Waals surface area contributed by atoms with Crippen molar-refractivity contribution in [3.8, 4) is 0 Å². The number of fused-ring (bicyclic) bond motifs is 1. The lowest BCUT2D eigenvalue weighted by Gasteiger charge is -2.25. The molecule has 31 heavy (non-hydrogen) atoms. The number of pyridine rings is 1. The van der Waals surface area contributed by atoms with Crippen LogP contribution in [0.1, 0.15) is 10.4 Å². The van der Waals surface area contributed by atoms with Gasteiger partial charge >= 0.3 is 17.7 Å². The lowest BCUT2D eigenvalue weighted by atomic mass is 10.1. The largest absolute Gasteiger partial charge is 0.353 e. The van der Waals surface area contributed by atoms with Crippen molar-refractivity contribution in [3.63, 3.8) is 0 Å². The minimum atomic E-state index is -1.50. The van der Waals surface area contributed by atoms with Crippen LogP contribution in [-0.2, 0) is 25.7 Å². The van der Waals surface area contributed by atoms with Crippen LogP contribution in [0.15, 0.2) is 47.6 Å². The Hall–Kier alpha value is -4.15. The van der Waals surface area contributed by atoms with E-state index in [0.717, 1.165) is 9.47 Å². The second-order valence-corrected chi connectivity index (χ2v) is 6.85. The van der Waals surface area contributed by atoms with Crippen molar-refractivity contribution in [1.82, 2.24) is 14.8 Å². The SMILES string of the molecule is CN(C)C(=O)C(=O)N=c1ccn2c(c1)NC(C(=O)NCc1ccc(F)cc1)C(=O)C2=O. The zero-order chi connectivity index (χ0) is 22.7. The van der Waals surface area contributed by atoms with Crippen molar-refractivity contribution in [1.29, 1.82) is 0 Å². The van der Waals surface area contributed by atoms with Crippen LogP contribution in [0.4, 0.5) is 10.2 Å². The Bertz CT molecular complexity index is 1150. The minimum Gasteiger partial charge on any atom is -0.353 e. The maximum atomic E-state index is 13.0. The van der Waals surface area contributed by atoms with E-state index in [1.807, 2.05) is 0 Å². The molecular formula is C20H18FN5O5. The summed E-state index contributed by atoms with van der Waals surface area (Å²) in [7, 11) is 2.80. The van der Waals surface area contributed by atoms with Crippen molar-refractivity contribution in [2.45, 2.75) is 12.6 Å². The number of anilines is 1. The predicted octanol–water partition coefficient (Wildman–Crippen LogP) is -0.537. The van der Waals surface area contributed by atoms with Gasteiger partial charge in [-0.3, -0.25) is 28.5 Å². The van der Waals surface area contributed by atoms with E-state index in [2.05, 4.69) is 15.6 Å². The average molecular weight is 427 g/mol. The third kappa shape index (κ3) is 4.71. The van der Waals surface area contributed by atoms with Crippen LogP contribution in [0.5, 0.6) is 0 Å². The van der Waals surface area contributed by atoms with Crippen molar-refractivity contribution < 1.29 is 28.4 Å². The summed E-state index contributed by atoms with van der Waals surface area (Å²) in [6, 6.07) is 6.47. The van der Waals surface area contributed by atoms with Gasteiger partial charge in [0, 0.05) is 32.9 Å². The molecule has 0 aliphatic carbocycles. The van der Waals surface area contributed by atoms with Gasteiger partial charge in [-0.15, -0.1) is 0 Å². The molecule has 10 nitrogen and oxygen atoms in total. The van der Waals surface area contributed by atoms with E-state index in [9.17, 15) is 28.4 Å². The highest BCUT2D eigenvalue weighted by molar-refractivity contribution is 6.45. The Morgan fingerprint density at radius 1 is 1.16 bits per heavy atom. The molecule has 160 valence electrons. The van der Waals surface area contributed by atoms with Crippen molar-refractivity contribution in [2.75, 3.05) is 19.4 Å². The normalized spacial score (nSPS) is 15.7. The Balaban J connectivity index is 1.80. The highest BCUT2D eigenvalue weighted by Gasteiger charge is 2.37. The van der Waals surface area contributed by atoms with Crippen molar-refractivity contribution in [3.05, 3.63) is 59.3 Å². The topological polar surface area (TPSA) is 130 Å². The maximum absolute atomic E-state index is 13.0. The van der Waals surface area contributed by atoms with E-state index in [-0.39, 0.29) is 17.7 Å². The van der Waals surface area contributed by atoms with Crippen LogP contribution in [0.3, 0.4) is 0 Å². The van der Waals surface area contributed by atoms with Crippen molar-refractivity contribution >= 4 is 35.2 Å². The summed E-state index contributed by atoms with van der Waals surface area (Å²) in [6.45, 7) is 0.0231. The van der Waals surface area contributed by atoms with Gasteiger partial charge in [-0.2, -0.15) is 0 Å². The van der Waals surface area contributed by atoms with Crippen LogP contribution >= 0.6 is 0 Å². The second-order valence-electron chi connectivity index (χ2n) is 6.85. The van der Waals surface area contributed by atoms with Gasteiger partial charge in [0.25, 0.3) is 11.7 Å². The first-order chi connectivity index (χ1) is 14.7. The molecule has 1 atom stereocenters. The molecule has 2 heterocycles. The Kier molecular flexibility index (Phi) is 6.05. The number of nitrogens with zero attached hydrogens (tertiary/aromatic N) is 3. The predicted molar refractivity (Wildman–Crippen MR) is 105 cm³/mol. The van der Waals surface area contributed by atoms with Crippen LogP contribution in [-0.4, -0.2) is 59.0 Å². The summed E-state index contributed by atoms with van der Waals surface area (Å²) in [4.78, 5) is 65.5. The number of likely N-dealkylation sites (N-methyl/N-ethyl adjacent to an activating group) is 1. The summed E-state index contributed by atoms with van der Waals surface area (Å²) in [6.07, 6.45) is 1.21. The third-order valence-electron chi connectivity index (χ3n) is 4.38. The van der Waals surface area contributed by atoms with Crippen LogP contribution in [0.2, 0.25) is 0 Å². The molecule has 1 aliphatic rings.